The summed E-state index contributed by atoms with van der Waals surface area (Å²) in [6, 6.07) is 15.2. The van der Waals surface area contributed by atoms with Gasteiger partial charge in [0, 0.05) is 5.56 Å². The number of nitrogens with one attached hydrogen (secondary N) is 1. The van der Waals surface area contributed by atoms with Crippen molar-refractivity contribution in [1.29, 1.82) is 0 Å². The maximum Gasteiger partial charge on any atom is 0.271 e. The van der Waals surface area contributed by atoms with Crippen molar-refractivity contribution in [3.05, 3.63) is 65.2 Å². The zero-order valence-corrected chi connectivity index (χ0v) is 13.8. The number of methoxy groups -OCH3 is 1. The number of ether oxygens (including phenoxy) is 1. The van der Waals surface area contributed by atoms with Crippen LogP contribution < -0.4 is 10.2 Å². The van der Waals surface area contributed by atoms with E-state index in [0.717, 1.165) is 24.1 Å². The highest BCUT2D eigenvalue weighted by Crippen LogP contribution is 2.12. The molecule has 0 radical (unpaired) electrons. The molecular weight excluding hydrogens is 288 g/mol. The summed E-state index contributed by atoms with van der Waals surface area (Å²) in [6.07, 6.45) is 2.20. The van der Waals surface area contributed by atoms with Gasteiger partial charge in [-0.05, 0) is 42.7 Å². The fraction of sp³-hybridized carbons (Fsp3) is 0.263. The molecule has 0 spiro atoms. The van der Waals surface area contributed by atoms with Crippen LogP contribution >= 0.6 is 0 Å². The van der Waals surface area contributed by atoms with Gasteiger partial charge in [-0.2, -0.15) is 5.10 Å². The molecule has 1 N–H and O–H groups in total. The Balaban J connectivity index is 2.04. The van der Waals surface area contributed by atoms with Crippen molar-refractivity contribution >= 4 is 11.6 Å². The standard InChI is InChI=1S/C19H22N2O2/c1-4-6-15-9-11-16(12-10-15)14(2)20-21-19(22)17-7-5-8-18(13-17)23-3/h5,7-13H,4,6H2,1-3H3,(H,21,22)/b20-14+. The first-order valence-corrected chi connectivity index (χ1v) is 7.72. The van der Waals surface area contributed by atoms with Crippen LogP contribution in [0.4, 0.5) is 0 Å². The first kappa shape index (κ1) is 16.7. The van der Waals surface area contributed by atoms with Crippen LogP contribution in [0.2, 0.25) is 0 Å². The Morgan fingerprint density at radius 3 is 2.52 bits per heavy atom. The molecule has 4 nitrogen and oxygen atoms in total. The van der Waals surface area contributed by atoms with E-state index < -0.39 is 0 Å². The number of amides is 1. The maximum absolute atomic E-state index is 12.1. The number of rotatable bonds is 6. The van der Waals surface area contributed by atoms with Gasteiger partial charge in [0.05, 0.1) is 12.8 Å². The lowest BCUT2D eigenvalue weighted by molar-refractivity contribution is 0.0954. The second-order valence-electron chi connectivity index (χ2n) is 5.32. The van der Waals surface area contributed by atoms with E-state index in [0.29, 0.717) is 11.3 Å². The lowest BCUT2D eigenvalue weighted by Gasteiger charge is -2.05. The summed E-state index contributed by atoms with van der Waals surface area (Å²) in [5, 5.41) is 4.18. The van der Waals surface area contributed by atoms with Crippen LogP contribution in [0.25, 0.3) is 0 Å². The molecule has 0 aliphatic heterocycles. The van der Waals surface area contributed by atoms with Gasteiger partial charge in [-0.15, -0.1) is 0 Å². The lowest BCUT2D eigenvalue weighted by atomic mass is 10.1. The van der Waals surface area contributed by atoms with Gasteiger partial charge in [0.1, 0.15) is 5.75 Å². The van der Waals surface area contributed by atoms with Crippen LogP contribution in [0, 0.1) is 0 Å². The quantitative estimate of drug-likeness (QED) is 0.651. The van der Waals surface area contributed by atoms with Crippen LogP contribution in [0.15, 0.2) is 53.6 Å². The molecule has 0 saturated carbocycles. The number of carbonyl (C=O) groups excluding carboxylic acids is 1. The smallest absolute Gasteiger partial charge is 0.271 e. The van der Waals surface area contributed by atoms with Crippen molar-refractivity contribution in [2.75, 3.05) is 7.11 Å². The molecule has 0 fully saturated rings. The minimum Gasteiger partial charge on any atom is -0.497 e. The molecular formula is C19H22N2O2. The Bertz CT molecular complexity index is 691. The van der Waals surface area contributed by atoms with Crippen molar-refractivity contribution in [2.24, 2.45) is 5.10 Å². The zero-order chi connectivity index (χ0) is 16.7. The molecule has 2 rings (SSSR count). The highest BCUT2D eigenvalue weighted by molar-refractivity contribution is 6.00. The molecule has 0 heterocycles. The predicted octanol–water partition coefficient (Wildman–Crippen LogP) is 3.80. The third kappa shape index (κ3) is 4.68. The number of benzene rings is 2. The van der Waals surface area contributed by atoms with E-state index in [9.17, 15) is 4.79 Å². The monoisotopic (exact) mass is 310 g/mol. The SMILES string of the molecule is CCCc1ccc(/C(C)=N/NC(=O)c2cccc(OC)c2)cc1. The topological polar surface area (TPSA) is 50.7 Å². The Morgan fingerprint density at radius 2 is 1.87 bits per heavy atom. The van der Waals surface area contributed by atoms with Crippen LogP contribution in [-0.4, -0.2) is 18.7 Å². The summed E-state index contributed by atoms with van der Waals surface area (Å²) in [5.74, 6) is 0.385. The molecule has 0 bridgehead atoms. The number of aryl methyl sites for hydroxylation is 1. The first-order chi connectivity index (χ1) is 11.1. The fourth-order valence-electron chi connectivity index (χ4n) is 2.23. The largest absolute Gasteiger partial charge is 0.497 e. The molecule has 0 unspecified atom stereocenters. The molecule has 120 valence electrons. The lowest BCUT2D eigenvalue weighted by Crippen LogP contribution is -2.19. The minimum atomic E-state index is -0.258. The van der Waals surface area contributed by atoms with Gasteiger partial charge >= 0.3 is 0 Å². The van der Waals surface area contributed by atoms with E-state index in [1.807, 2.05) is 19.1 Å². The van der Waals surface area contributed by atoms with Gasteiger partial charge in [0.15, 0.2) is 0 Å². The molecule has 0 atom stereocenters. The number of hydrazone groups is 1. The third-order valence-corrected chi connectivity index (χ3v) is 3.57. The number of hydrogen-bond donors (Lipinski definition) is 1. The highest BCUT2D eigenvalue weighted by atomic mass is 16.5. The first-order valence-electron chi connectivity index (χ1n) is 7.72. The zero-order valence-electron chi connectivity index (χ0n) is 13.8. The molecule has 0 aliphatic carbocycles. The summed E-state index contributed by atoms with van der Waals surface area (Å²) < 4.78 is 5.12. The second kappa shape index (κ2) is 8.13. The van der Waals surface area contributed by atoms with E-state index in [4.69, 9.17) is 4.74 Å². The van der Waals surface area contributed by atoms with Gasteiger partial charge < -0.3 is 4.74 Å². The molecule has 0 aromatic heterocycles. The molecule has 2 aromatic rings. The van der Waals surface area contributed by atoms with E-state index in [-0.39, 0.29) is 5.91 Å². The Labute approximate surface area is 137 Å². The second-order valence-corrected chi connectivity index (χ2v) is 5.32. The number of nitrogens with zero attached hydrogens (tertiary/aromatic N) is 1. The predicted molar refractivity (Wildman–Crippen MR) is 93.1 cm³/mol. The molecule has 0 aliphatic rings. The summed E-state index contributed by atoms with van der Waals surface area (Å²) in [6.45, 7) is 4.04. The summed E-state index contributed by atoms with van der Waals surface area (Å²) in [5.41, 5.74) is 6.17. The summed E-state index contributed by atoms with van der Waals surface area (Å²) in [4.78, 5) is 12.1. The van der Waals surface area contributed by atoms with Crippen LogP contribution in [-0.2, 0) is 6.42 Å². The summed E-state index contributed by atoms with van der Waals surface area (Å²) in [7, 11) is 1.57. The molecule has 23 heavy (non-hydrogen) atoms. The van der Waals surface area contributed by atoms with Gasteiger partial charge in [-0.3, -0.25) is 4.79 Å². The van der Waals surface area contributed by atoms with E-state index in [2.05, 4.69) is 29.6 Å². The Hall–Kier alpha value is -2.62. The van der Waals surface area contributed by atoms with Gasteiger partial charge in [0.25, 0.3) is 5.91 Å². The average Bonchev–Trinajstić information content (AvgIpc) is 2.60. The number of hydrogen-bond acceptors (Lipinski definition) is 3. The highest BCUT2D eigenvalue weighted by Gasteiger charge is 2.06. The molecule has 0 saturated heterocycles. The van der Waals surface area contributed by atoms with Gasteiger partial charge in [0.2, 0.25) is 0 Å². The number of carbonyl (C=O) groups is 1. The molecule has 2 aromatic carbocycles. The van der Waals surface area contributed by atoms with Crippen molar-refractivity contribution in [2.45, 2.75) is 26.7 Å². The average molecular weight is 310 g/mol. The van der Waals surface area contributed by atoms with Crippen LogP contribution in [0.5, 0.6) is 5.75 Å². The Morgan fingerprint density at radius 1 is 1.13 bits per heavy atom. The van der Waals surface area contributed by atoms with Gasteiger partial charge in [-0.1, -0.05) is 43.7 Å². The van der Waals surface area contributed by atoms with Crippen molar-refractivity contribution < 1.29 is 9.53 Å². The maximum atomic E-state index is 12.1. The van der Waals surface area contributed by atoms with Gasteiger partial charge in [-0.25, -0.2) is 5.43 Å². The van der Waals surface area contributed by atoms with E-state index in [1.165, 1.54) is 5.56 Å². The third-order valence-electron chi connectivity index (χ3n) is 3.57. The van der Waals surface area contributed by atoms with E-state index >= 15 is 0 Å². The Kier molecular flexibility index (Phi) is 5.92. The van der Waals surface area contributed by atoms with Crippen LogP contribution in [0.1, 0.15) is 41.8 Å². The van der Waals surface area contributed by atoms with Crippen LogP contribution in [0.3, 0.4) is 0 Å². The van der Waals surface area contributed by atoms with E-state index in [1.54, 1.807) is 31.4 Å². The van der Waals surface area contributed by atoms with Crippen molar-refractivity contribution in [1.82, 2.24) is 5.43 Å². The van der Waals surface area contributed by atoms with Crippen molar-refractivity contribution in [3.8, 4) is 5.75 Å². The molecule has 4 heteroatoms. The minimum absolute atomic E-state index is 0.258. The molecule has 1 amide bonds. The summed E-state index contributed by atoms with van der Waals surface area (Å²) >= 11 is 0. The normalized spacial score (nSPS) is 11.2. The van der Waals surface area contributed by atoms with Crippen molar-refractivity contribution in [3.63, 3.8) is 0 Å². The fourth-order valence-corrected chi connectivity index (χ4v) is 2.23.